The fourth-order valence-corrected chi connectivity index (χ4v) is 2.77. The Balaban J connectivity index is 1.89. The van der Waals surface area contributed by atoms with Crippen molar-refractivity contribution in [1.29, 1.82) is 0 Å². The second kappa shape index (κ2) is 3.82. The molecule has 1 aliphatic carbocycles. The first-order chi connectivity index (χ1) is 6.60. The standard InChI is InChI=1S/C12H24N2/c1-10(2)8-14-7-6-13-12(3,9-14)11-4-5-11/h10-11,13H,4-9H2,1-3H3. The van der Waals surface area contributed by atoms with Gasteiger partial charge in [-0.1, -0.05) is 13.8 Å². The number of piperazine rings is 1. The highest BCUT2D eigenvalue weighted by atomic mass is 15.2. The van der Waals surface area contributed by atoms with E-state index in [0.29, 0.717) is 5.54 Å². The number of rotatable bonds is 3. The molecule has 2 aliphatic rings. The number of hydrogen-bond donors (Lipinski definition) is 1. The van der Waals surface area contributed by atoms with E-state index in [1.54, 1.807) is 0 Å². The van der Waals surface area contributed by atoms with Crippen LogP contribution in [0.15, 0.2) is 0 Å². The fourth-order valence-electron chi connectivity index (χ4n) is 2.77. The van der Waals surface area contributed by atoms with Gasteiger partial charge in [0.2, 0.25) is 0 Å². The first-order valence-electron chi connectivity index (χ1n) is 6.07. The zero-order valence-corrected chi connectivity index (χ0v) is 9.84. The molecule has 2 rings (SSSR count). The van der Waals surface area contributed by atoms with Crippen molar-refractivity contribution in [3.05, 3.63) is 0 Å². The Morgan fingerprint density at radius 1 is 1.43 bits per heavy atom. The Kier molecular flexibility index (Phi) is 2.85. The second-order valence-corrected chi connectivity index (χ2v) is 5.75. The van der Waals surface area contributed by atoms with Gasteiger partial charge in [-0.2, -0.15) is 0 Å². The summed E-state index contributed by atoms with van der Waals surface area (Å²) in [7, 11) is 0. The lowest BCUT2D eigenvalue weighted by atomic mass is 9.92. The normalized spacial score (nSPS) is 35.1. The maximum absolute atomic E-state index is 3.72. The van der Waals surface area contributed by atoms with Crippen LogP contribution in [0.4, 0.5) is 0 Å². The molecule has 2 fully saturated rings. The molecule has 0 bridgehead atoms. The van der Waals surface area contributed by atoms with Crippen LogP contribution in [0.3, 0.4) is 0 Å². The van der Waals surface area contributed by atoms with Gasteiger partial charge in [-0.05, 0) is 31.6 Å². The van der Waals surface area contributed by atoms with E-state index in [2.05, 4.69) is 31.0 Å². The van der Waals surface area contributed by atoms with E-state index < -0.39 is 0 Å². The number of nitrogens with one attached hydrogen (secondary N) is 1. The van der Waals surface area contributed by atoms with Crippen molar-refractivity contribution in [1.82, 2.24) is 10.2 Å². The summed E-state index contributed by atoms with van der Waals surface area (Å²) in [5.74, 6) is 1.76. The minimum atomic E-state index is 0.424. The first-order valence-corrected chi connectivity index (χ1v) is 6.07. The Morgan fingerprint density at radius 2 is 2.14 bits per heavy atom. The summed E-state index contributed by atoms with van der Waals surface area (Å²) < 4.78 is 0. The van der Waals surface area contributed by atoms with Crippen molar-refractivity contribution >= 4 is 0 Å². The van der Waals surface area contributed by atoms with Crippen molar-refractivity contribution in [2.45, 2.75) is 39.2 Å². The maximum Gasteiger partial charge on any atom is 0.0309 e. The quantitative estimate of drug-likeness (QED) is 0.739. The van der Waals surface area contributed by atoms with Crippen LogP contribution in [0.2, 0.25) is 0 Å². The summed E-state index contributed by atoms with van der Waals surface area (Å²) in [5.41, 5.74) is 0.424. The van der Waals surface area contributed by atoms with E-state index in [4.69, 9.17) is 0 Å². The monoisotopic (exact) mass is 196 g/mol. The highest BCUT2D eigenvalue weighted by Gasteiger charge is 2.43. The van der Waals surface area contributed by atoms with Crippen LogP contribution in [-0.4, -0.2) is 36.6 Å². The van der Waals surface area contributed by atoms with Crippen LogP contribution in [-0.2, 0) is 0 Å². The molecule has 0 aromatic rings. The van der Waals surface area contributed by atoms with Gasteiger partial charge in [0.15, 0.2) is 0 Å². The smallest absolute Gasteiger partial charge is 0.0309 e. The third-order valence-corrected chi connectivity index (χ3v) is 3.61. The highest BCUT2D eigenvalue weighted by molar-refractivity contribution is 5.01. The molecule has 82 valence electrons. The predicted molar refractivity (Wildman–Crippen MR) is 60.4 cm³/mol. The van der Waals surface area contributed by atoms with E-state index in [-0.39, 0.29) is 0 Å². The molecule has 0 radical (unpaired) electrons. The molecule has 2 heteroatoms. The van der Waals surface area contributed by atoms with Gasteiger partial charge in [-0.3, -0.25) is 4.90 Å². The van der Waals surface area contributed by atoms with Crippen LogP contribution < -0.4 is 5.32 Å². The minimum Gasteiger partial charge on any atom is -0.309 e. The van der Waals surface area contributed by atoms with Crippen molar-refractivity contribution in [2.75, 3.05) is 26.2 Å². The highest BCUT2D eigenvalue weighted by Crippen LogP contribution is 2.40. The average Bonchev–Trinajstić information content (AvgIpc) is 2.84. The van der Waals surface area contributed by atoms with Gasteiger partial charge in [0.05, 0.1) is 0 Å². The average molecular weight is 196 g/mol. The summed E-state index contributed by atoms with van der Waals surface area (Å²) in [5, 5.41) is 3.72. The molecule has 0 spiro atoms. The molecule has 1 atom stereocenters. The van der Waals surface area contributed by atoms with Crippen molar-refractivity contribution < 1.29 is 0 Å². The van der Waals surface area contributed by atoms with Gasteiger partial charge in [-0.25, -0.2) is 0 Å². The van der Waals surface area contributed by atoms with Crippen LogP contribution in [0.5, 0.6) is 0 Å². The van der Waals surface area contributed by atoms with E-state index in [1.807, 2.05) is 0 Å². The van der Waals surface area contributed by atoms with E-state index in [1.165, 1.54) is 39.0 Å². The third kappa shape index (κ3) is 2.29. The lowest BCUT2D eigenvalue weighted by Crippen LogP contribution is -2.60. The zero-order chi connectivity index (χ0) is 10.2. The molecule has 2 nitrogen and oxygen atoms in total. The van der Waals surface area contributed by atoms with Crippen molar-refractivity contribution in [2.24, 2.45) is 11.8 Å². The summed E-state index contributed by atoms with van der Waals surface area (Å²) in [4.78, 5) is 2.64. The maximum atomic E-state index is 3.72. The lowest BCUT2D eigenvalue weighted by molar-refractivity contribution is 0.116. The summed E-state index contributed by atoms with van der Waals surface area (Å²) in [6, 6.07) is 0. The van der Waals surface area contributed by atoms with Gasteiger partial charge in [0, 0.05) is 31.7 Å². The molecular formula is C12H24N2. The molecule has 1 unspecified atom stereocenters. The van der Waals surface area contributed by atoms with Crippen molar-refractivity contribution in [3.63, 3.8) is 0 Å². The van der Waals surface area contributed by atoms with Crippen LogP contribution in [0.1, 0.15) is 33.6 Å². The molecular weight excluding hydrogens is 172 g/mol. The molecule has 1 saturated carbocycles. The van der Waals surface area contributed by atoms with Gasteiger partial charge in [0.25, 0.3) is 0 Å². The Labute approximate surface area is 88.1 Å². The van der Waals surface area contributed by atoms with Crippen LogP contribution in [0.25, 0.3) is 0 Å². The zero-order valence-electron chi connectivity index (χ0n) is 9.84. The molecule has 0 amide bonds. The topological polar surface area (TPSA) is 15.3 Å². The van der Waals surface area contributed by atoms with Crippen LogP contribution >= 0.6 is 0 Å². The molecule has 1 saturated heterocycles. The predicted octanol–water partition coefficient (Wildman–Crippen LogP) is 1.72. The number of nitrogens with zero attached hydrogens (tertiary/aromatic N) is 1. The van der Waals surface area contributed by atoms with Crippen molar-refractivity contribution in [3.8, 4) is 0 Å². The van der Waals surface area contributed by atoms with Gasteiger partial charge in [-0.15, -0.1) is 0 Å². The molecule has 0 aromatic carbocycles. The summed E-state index contributed by atoms with van der Waals surface area (Å²) in [6.07, 6.45) is 2.89. The minimum absolute atomic E-state index is 0.424. The molecule has 1 N–H and O–H groups in total. The fraction of sp³-hybridized carbons (Fsp3) is 1.00. The van der Waals surface area contributed by atoms with E-state index in [9.17, 15) is 0 Å². The second-order valence-electron chi connectivity index (χ2n) is 5.75. The number of hydrogen-bond acceptors (Lipinski definition) is 2. The Morgan fingerprint density at radius 3 is 2.71 bits per heavy atom. The van der Waals surface area contributed by atoms with E-state index >= 15 is 0 Å². The van der Waals surface area contributed by atoms with Gasteiger partial charge >= 0.3 is 0 Å². The Bertz CT molecular complexity index is 198. The first kappa shape index (κ1) is 10.4. The van der Waals surface area contributed by atoms with Crippen LogP contribution in [0, 0.1) is 11.8 Å². The molecule has 1 heterocycles. The SMILES string of the molecule is CC(C)CN1CCNC(C)(C2CC2)C1. The molecule has 1 aliphatic heterocycles. The van der Waals surface area contributed by atoms with Gasteiger partial charge < -0.3 is 5.32 Å². The Hall–Kier alpha value is -0.0800. The largest absolute Gasteiger partial charge is 0.309 e. The summed E-state index contributed by atoms with van der Waals surface area (Å²) >= 11 is 0. The lowest BCUT2D eigenvalue weighted by Gasteiger charge is -2.42. The molecule has 14 heavy (non-hydrogen) atoms. The van der Waals surface area contributed by atoms with Gasteiger partial charge in [0.1, 0.15) is 0 Å². The third-order valence-electron chi connectivity index (χ3n) is 3.61. The molecule has 0 aromatic heterocycles. The van der Waals surface area contributed by atoms with E-state index in [0.717, 1.165) is 11.8 Å². The summed E-state index contributed by atoms with van der Waals surface area (Å²) in [6.45, 7) is 12.0.